The minimum absolute atomic E-state index is 0. The van der Waals surface area contributed by atoms with Crippen LogP contribution in [-0.2, 0) is 27.5 Å². The predicted molar refractivity (Wildman–Crippen MR) is 94.7 cm³/mol. The molecule has 0 unspecified atom stereocenters. The van der Waals surface area contributed by atoms with E-state index in [1.165, 1.54) is 0 Å². The highest BCUT2D eigenvalue weighted by Gasteiger charge is 2.28. The van der Waals surface area contributed by atoms with Gasteiger partial charge < -0.3 is 14.6 Å². The van der Waals surface area contributed by atoms with Crippen LogP contribution in [0.1, 0.15) is 31.9 Å². The third kappa shape index (κ3) is 6.14. The lowest BCUT2D eigenvalue weighted by atomic mass is 10.1. The van der Waals surface area contributed by atoms with Crippen LogP contribution in [0, 0.1) is 0 Å². The molecular weight excluding hydrogens is 304 g/mol. The zero-order valence-corrected chi connectivity index (χ0v) is 13.2. The Bertz CT molecular complexity index is 583. The summed E-state index contributed by atoms with van der Waals surface area (Å²) in [7, 11) is 0. The Morgan fingerprint density at radius 1 is 0.917 bits per heavy atom. The second kappa shape index (κ2) is 10.6. The summed E-state index contributed by atoms with van der Waals surface area (Å²) in [4.78, 5) is 11.5. The van der Waals surface area contributed by atoms with Crippen molar-refractivity contribution in [2.24, 2.45) is 0 Å². The quantitative estimate of drug-likeness (QED) is 0.745. The van der Waals surface area contributed by atoms with Crippen LogP contribution in [0.25, 0.3) is 0 Å². The van der Waals surface area contributed by atoms with Gasteiger partial charge in [0, 0.05) is 0 Å². The topological polar surface area (TPSA) is 55.8 Å². The number of hydrogen-bond acceptors (Lipinski definition) is 3. The molecular formula is C20H26O4. The van der Waals surface area contributed by atoms with Gasteiger partial charge in [-0.3, -0.25) is 0 Å². The van der Waals surface area contributed by atoms with Crippen LogP contribution in [0.4, 0.5) is 0 Å². The lowest BCUT2D eigenvalue weighted by Crippen LogP contribution is -2.38. The van der Waals surface area contributed by atoms with Gasteiger partial charge in [0.05, 0.1) is 19.3 Å². The van der Waals surface area contributed by atoms with Crippen molar-refractivity contribution in [3.8, 4) is 0 Å². The van der Waals surface area contributed by atoms with Crippen LogP contribution < -0.4 is 0 Å². The van der Waals surface area contributed by atoms with E-state index in [-0.39, 0.29) is 14.0 Å². The van der Waals surface area contributed by atoms with Crippen molar-refractivity contribution < 1.29 is 19.4 Å². The minimum atomic E-state index is -0.999. The van der Waals surface area contributed by atoms with E-state index in [0.29, 0.717) is 13.0 Å². The van der Waals surface area contributed by atoms with E-state index < -0.39 is 18.2 Å². The molecule has 0 saturated carbocycles. The molecule has 2 aromatic carbocycles. The Morgan fingerprint density at radius 2 is 1.38 bits per heavy atom. The standard InChI is InChI=1S/C19H22O4.CH4/c1-2-17(22-13-15-9-5-3-6-10-15)18(19(20)21)23-14-16-11-7-4-8-12-16;/h3-12,17-18H,2,13-14H2,1H3,(H,20,21);1H4/t17-,18+;/m1./s1. The van der Waals surface area contributed by atoms with Crippen molar-refractivity contribution in [2.75, 3.05) is 0 Å². The van der Waals surface area contributed by atoms with Gasteiger partial charge in [0.2, 0.25) is 0 Å². The summed E-state index contributed by atoms with van der Waals surface area (Å²) in [5, 5.41) is 9.44. The number of carbonyl (C=O) groups is 1. The van der Waals surface area contributed by atoms with Gasteiger partial charge in [0.25, 0.3) is 0 Å². The van der Waals surface area contributed by atoms with E-state index in [0.717, 1.165) is 11.1 Å². The SMILES string of the molecule is C.CC[C@@H](OCc1ccccc1)[C@H](OCc1ccccc1)C(=O)O. The summed E-state index contributed by atoms with van der Waals surface area (Å²) in [5.41, 5.74) is 1.95. The molecule has 4 nitrogen and oxygen atoms in total. The Kier molecular flexibility index (Phi) is 8.76. The molecule has 2 aromatic rings. The molecule has 0 bridgehead atoms. The first-order chi connectivity index (χ1) is 11.2. The van der Waals surface area contributed by atoms with Crippen molar-refractivity contribution >= 4 is 5.97 Å². The van der Waals surface area contributed by atoms with E-state index in [9.17, 15) is 9.90 Å². The lowest BCUT2D eigenvalue weighted by Gasteiger charge is -2.23. The Labute approximate surface area is 144 Å². The maximum Gasteiger partial charge on any atom is 0.335 e. The van der Waals surface area contributed by atoms with Crippen LogP contribution in [0.15, 0.2) is 60.7 Å². The molecule has 0 aliphatic rings. The van der Waals surface area contributed by atoms with E-state index in [1.54, 1.807) is 0 Å². The summed E-state index contributed by atoms with van der Waals surface area (Å²) in [5.74, 6) is -0.999. The van der Waals surface area contributed by atoms with E-state index in [2.05, 4.69) is 0 Å². The van der Waals surface area contributed by atoms with Gasteiger partial charge >= 0.3 is 5.97 Å². The second-order valence-corrected chi connectivity index (χ2v) is 5.30. The fraction of sp³-hybridized carbons (Fsp3) is 0.350. The van der Waals surface area contributed by atoms with Crippen LogP contribution in [0.5, 0.6) is 0 Å². The summed E-state index contributed by atoms with van der Waals surface area (Å²) >= 11 is 0. The highest BCUT2D eigenvalue weighted by atomic mass is 16.6. The lowest BCUT2D eigenvalue weighted by molar-refractivity contribution is -0.165. The number of rotatable bonds is 9. The first kappa shape index (κ1) is 19.9. The Morgan fingerprint density at radius 3 is 1.79 bits per heavy atom. The molecule has 4 heteroatoms. The van der Waals surface area contributed by atoms with E-state index in [4.69, 9.17) is 9.47 Å². The summed E-state index contributed by atoms with van der Waals surface area (Å²) in [6.45, 7) is 2.53. The molecule has 0 saturated heterocycles. The molecule has 1 N–H and O–H groups in total. The molecule has 2 rings (SSSR count). The number of ether oxygens (including phenoxy) is 2. The Hall–Kier alpha value is -2.17. The van der Waals surface area contributed by atoms with Gasteiger partial charge in [-0.25, -0.2) is 4.79 Å². The number of carboxylic acid groups (broad SMARTS) is 1. The first-order valence-corrected chi connectivity index (χ1v) is 7.74. The normalized spacial score (nSPS) is 12.9. The van der Waals surface area contributed by atoms with Crippen LogP contribution >= 0.6 is 0 Å². The van der Waals surface area contributed by atoms with Gasteiger partial charge in [0.1, 0.15) is 0 Å². The summed E-state index contributed by atoms with van der Waals surface area (Å²) < 4.78 is 11.4. The van der Waals surface area contributed by atoms with Gasteiger partial charge in [-0.05, 0) is 17.5 Å². The fourth-order valence-corrected chi connectivity index (χ4v) is 2.29. The number of benzene rings is 2. The minimum Gasteiger partial charge on any atom is -0.479 e. The van der Waals surface area contributed by atoms with Gasteiger partial charge in [-0.1, -0.05) is 75.0 Å². The monoisotopic (exact) mass is 330 g/mol. The Balaban J connectivity index is 0.00000288. The highest BCUT2D eigenvalue weighted by Crippen LogP contribution is 2.14. The third-order valence-corrected chi connectivity index (χ3v) is 3.56. The highest BCUT2D eigenvalue weighted by molar-refractivity contribution is 5.73. The molecule has 0 radical (unpaired) electrons. The maximum absolute atomic E-state index is 11.5. The molecule has 24 heavy (non-hydrogen) atoms. The van der Waals surface area contributed by atoms with Crippen LogP contribution in [0.2, 0.25) is 0 Å². The average Bonchev–Trinajstić information content (AvgIpc) is 2.59. The fourth-order valence-electron chi connectivity index (χ4n) is 2.29. The molecule has 0 heterocycles. The molecule has 0 spiro atoms. The zero-order valence-electron chi connectivity index (χ0n) is 13.2. The number of aliphatic carboxylic acids is 1. The molecule has 2 atom stereocenters. The van der Waals surface area contributed by atoms with E-state index in [1.807, 2.05) is 67.6 Å². The number of carboxylic acids is 1. The van der Waals surface area contributed by atoms with Gasteiger partial charge in [0.15, 0.2) is 6.10 Å². The smallest absolute Gasteiger partial charge is 0.335 e. The van der Waals surface area contributed by atoms with E-state index >= 15 is 0 Å². The van der Waals surface area contributed by atoms with Crippen molar-refractivity contribution in [1.29, 1.82) is 0 Å². The summed E-state index contributed by atoms with van der Waals surface area (Å²) in [6.07, 6.45) is -0.904. The maximum atomic E-state index is 11.5. The van der Waals surface area contributed by atoms with Crippen LogP contribution in [-0.4, -0.2) is 23.3 Å². The molecule has 130 valence electrons. The van der Waals surface area contributed by atoms with Gasteiger partial charge in [-0.15, -0.1) is 0 Å². The van der Waals surface area contributed by atoms with Crippen molar-refractivity contribution in [3.63, 3.8) is 0 Å². The molecule has 0 aliphatic heterocycles. The largest absolute Gasteiger partial charge is 0.479 e. The van der Waals surface area contributed by atoms with Crippen molar-refractivity contribution in [3.05, 3.63) is 71.8 Å². The van der Waals surface area contributed by atoms with Gasteiger partial charge in [-0.2, -0.15) is 0 Å². The molecule has 0 aromatic heterocycles. The predicted octanol–water partition coefficient (Wildman–Crippen LogP) is 4.29. The van der Waals surface area contributed by atoms with Crippen molar-refractivity contribution in [1.82, 2.24) is 0 Å². The molecule has 0 fully saturated rings. The second-order valence-electron chi connectivity index (χ2n) is 5.30. The number of hydrogen-bond donors (Lipinski definition) is 1. The molecule has 0 aliphatic carbocycles. The average molecular weight is 330 g/mol. The zero-order chi connectivity index (χ0) is 16.5. The van der Waals surface area contributed by atoms with Crippen LogP contribution in [0.3, 0.4) is 0 Å². The van der Waals surface area contributed by atoms with Crippen molar-refractivity contribution in [2.45, 2.75) is 46.2 Å². The molecule has 0 amide bonds. The first-order valence-electron chi connectivity index (χ1n) is 7.74. The third-order valence-electron chi connectivity index (χ3n) is 3.56. The summed E-state index contributed by atoms with van der Waals surface area (Å²) in [6, 6.07) is 19.2.